The average molecular weight is 319 g/mol. The van der Waals surface area contributed by atoms with Crippen molar-refractivity contribution in [3.05, 3.63) is 33.8 Å². The molecule has 92 valence electrons. The molecule has 6 heteroatoms. The van der Waals surface area contributed by atoms with E-state index in [0.717, 1.165) is 5.56 Å². The first-order valence-electron chi connectivity index (χ1n) is 4.38. The van der Waals surface area contributed by atoms with Crippen molar-refractivity contribution in [1.29, 1.82) is 0 Å². The molecule has 1 rings (SSSR count). The van der Waals surface area contributed by atoms with E-state index < -0.39 is 18.6 Å². The molecule has 0 amide bonds. The van der Waals surface area contributed by atoms with Crippen molar-refractivity contribution in [3.8, 4) is 0 Å². The van der Waals surface area contributed by atoms with Crippen LogP contribution in [0.5, 0.6) is 0 Å². The third-order valence-electron chi connectivity index (χ3n) is 2.01. The van der Waals surface area contributed by atoms with E-state index >= 15 is 0 Å². The highest BCUT2D eigenvalue weighted by molar-refractivity contribution is 9.10. The number of alkyl halides is 3. The molecule has 2 N–H and O–H groups in total. The van der Waals surface area contributed by atoms with Crippen LogP contribution < -0.4 is 5.73 Å². The first kappa shape index (κ1) is 15.7. The van der Waals surface area contributed by atoms with Gasteiger partial charge in [0.2, 0.25) is 0 Å². The van der Waals surface area contributed by atoms with Gasteiger partial charge in [0, 0.05) is 10.5 Å². The van der Waals surface area contributed by atoms with Crippen molar-refractivity contribution in [2.24, 2.45) is 5.73 Å². The second-order valence-electron chi connectivity index (χ2n) is 3.45. The monoisotopic (exact) mass is 317 g/mol. The maximum Gasteiger partial charge on any atom is 0.390 e. The van der Waals surface area contributed by atoms with E-state index in [1.807, 2.05) is 6.92 Å². The van der Waals surface area contributed by atoms with Crippen molar-refractivity contribution in [1.82, 2.24) is 0 Å². The largest absolute Gasteiger partial charge is 0.390 e. The number of rotatable bonds is 2. The fourth-order valence-corrected chi connectivity index (χ4v) is 2.08. The number of halogens is 5. The highest BCUT2D eigenvalue weighted by atomic mass is 79.9. The molecule has 0 aromatic heterocycles. The standard InChI is InChI=1S/C10H11BrF3N.ClH/c1-6-2-3-7(8(11)4-6)9(15)5-10(12,13)14;/h2-4,9H,5,15H2,1H3;1H/t9-;/m1./s1. The van der Waals surface area contributed by atoms with E-state index in [0.29, 0.717) is 10.0 Å². The van der Waals surface area contributed by atoms with Crippen LogP contribution in [0, 0.1) is 6.92 Å². The summed E-state index contributed by atoms with van der Waals surface area (Å²) in [7, 11) is 0. The van der Waals surface area contributed by atoms with Crippen molar-refractivity contribution < 1.29 is 13.2 Å². The molecule has 0 heterocycles. The predicted octanol–water partition coefficient (Wildman–Crippen LogP) is 4.13. The van der Waals surface area contributed by atoms with Gasteiger partial charge in [-0.3, -0.25) is 0 Å². The number of nitrogens with two attached hydrogens (primary N) is 1. The molecule has 0 radical (unpaired) electrons. The van der Waals surface area contributed by atoms with Gasteiger partial charge < -0.3 is 5.73 Å². The zero-order valence-corrected chi connectivity index (χ0v) is 10.9. The zero-order valence-electron chi connectivity index (χ0n) is 8.51. The molecule has 16 heavy (non-hydrogen) atoms. The Morgan fingerprint density at radius 2 is 1.94 bits per heavy atom. The summed E-state index contributed by atoms with van der Waals surface area (Å²) in [6.45, 7) is 1.86. The Morgan fingerprint density at radius 3 is 2.38 bits per heavy atom. The van der Waals surface area contributed by atoms with Gasteiger partial charge in [-0.15, -0.1) is 12.4 Å². The first-order valence-corrected chi connectivity index (χ1v) is 5.17. The first-order chi connectivity index (χ1) is 6.79. The lowest BCUT2D eigenvalue weighted by atomic mass is 10.0. The lowest BCUT2D eigenvalue weighted by molar-refractivity contribution is -0.138. The molecule has 1 aromatic rings. The summed E-state index contributed by atoms with van der Waals surface area (Å²) in [5.41, 5.74) is 6.94. The van der Waals surface area contributed by atoms with Gasteiger partial charge in [0.25, 0.3) is 0 Å². The topological polar surface area (TPSA) is 26.0 Å². The predicted molar refractivity (Wildman–Crippen MR) is 63.7 cm³/mol. The molecule has 0 fully saturated rings. The SMILES string of the molecule is Cc1ccc([C@H](N)CC(F)(F)F)c(Br)c1.Cl. The van der Waals surface area contributed by atoms with Crippen LogP contribution in [0.2, 0.25) is 0 Å². The zero-order chi connectivity index (χ0) is 11.6. The van der Waals surface area contributed by atoms with Crippen LogP contribution in [-0.4, -0.2) is 6.18 Å². The molecule has 0 aliphatic heterocycles. The second kappa shape index (κ2) is 5.89. The molecule has 0 saturated carbocycles. The van der Waals surface area contributed by atoms with Crippen LogP contribution in [0.25, 0.3) is 0 Å². The molecule has 0 spiro atoms. The van der Waals surface area contributed by atoms with E-state index in [1.54, 1.807) is 18.2 Å². The van der Waals surface area contributed by atoms with Crippen LogP contribution in [0.3, 0.4) is 0 Å². The second-order valence-corrected chi connectivity index (χ2v) is 4.31. The van der Waals surface area contributed by atoms with Gasteiger partial charge in [-0.1, -0.05) is 28.1 Å². The maximum atomic E-state index is 12.1. The van der Waals surface area contributed by atoms with Crippen LogP contribution in [0.15, 0.2) is 22.7 Å². The lowest BCUT2D eigenvalue weighted by Gasteiger charge is -2.16. The molecule has 0 aliphatic carbocycles. The molecular formula is C10H12BrClF3N. The Hall–Kier alpha value is -0.260. The minimum absolute atomic E-state index is 0. The summed E-state index contributed by atoms with van der Waals surface area (Å²) in [6.07, 6.45) is -5.24. The van der Waals surface area contributed by atoms with Gasteiger partial charge in [0.05, 0.1) is 6.42 Å². The summed E-state index contributed by atoms with van der Waals surface area (Å²) in [5, 5.41) is 0. The normalized spacial score (nSPS) is 13.1. The summed E-state index contributed by atoms with van der Waals surface area (Å²) >= 11 is 3.21. The van der Waals surface area contributed by atoms with E-state index in [1.165, 1.54) is 0 Å². The van der Waals surface area contributed by atoms with Gasteiger partial charge in [-0.25, -0.2) is 0 Å². The number of hydrogen-bond acceptors (Lipinski definition) is 1. The molecule has 0 saturated heterocycles. The molecule has 1 atom stereocenters. The van der Waals surface area contributed by atoms with Crippen LogP contribution in [-0.2, 0) is 0 Å². The highest BCUT2D eigenvalue weighted by Gasteiger charge is 2.31. The number of aryl methyl sites for hydroxylation is 1. The van der Waals surface area contributed by atoms with Crippen molar-refractivity contribution in [2.75, 3.05) is 0 Å². The fourth-order valence-electron chi connectivity index (χ4n) is 1.29. The van der Waals surface area contributed by atoms with Crippen molar-refractivity contribution in [2.45, 2.75) is 25.6 Å². The number of hydrogen-bond donors (Lipinski definition) is 1. The average Bonchev–Trinajstić information content (AvgIpc) is 1.99. The van der Waals surface area contributed by atoms with E-state index in [2.05, 4.69) is 15.9 Å². The molecule has 1 aromatic carbocycles. The molecule has 0 bridgehead atoms. The number of benzene rings is 1. The van der Waals surface area contributed by atoms with Crippen LogP contribution in [0.4, 0.5) is 13.2 Å². The quantitative estimate of drug-likeness (QED) is 0.871. The van der Waals surface area contributed by atoms with Gasteiger partial charge in [0.1, 0.15) is 0 Å². The smallest absolute Gasteiger partial charge is 0.324 e. The summed E-state index contributed by atoms with van der Waals surface area (Å²) in [5.74, 6) is 0. The molecule has 0 unspecified atom stereocenters. The minimum Gasteiger partial charge on any atom is -0.324 e. The Kier molecular flexibility index (Phi) is 5.79. The highest BCUT2D eigenvalue weighted by Crippen LogP contribution is 2.31. The van der Waals surface area contributed by atoms with E-state index in [9.17, 15) is 13.2 Å². The van der Waals surface area contributed by atoms with E-state index in [4.69, 9.17) is 5.73 Å². The summed E-state index contributed by atoms with van der Waals surface area (Å²) in [4.78, 5) is 0. The van der Waals surface area contributed by atoms with Gasteiger partial charge in [-0.05, 0) is 24.1 Å². The van der Waals surface area contributed by atoms with Crippen LogP contribution >= 0.6 is 28.3 Å². The Balaban J connectivity index is 0.00000225. The Morgan fingerprint density at radius 1 is 1.38 bits per heavy atom. The van der Waals surface area contributed by atoms with Crippen LogP contribution in [0.1, 0.15) is 23.6 Å². The van der Waals surface area contributed by atoms with Gasteiger partial charge >= 0.3 is 6.18 Å². The Labute approximate surface area is 107 Å². The minimum atomic E-state index is -4.23. The van der Waals surface area contributed by atoms with Gasteiger partial charge in [0.15, 0.2) is 0 Å². The summed E-state index contributed by atoms with van der Waals surface area (Å²) in [6, 6.07) is 4.11. The third kappa shape index (κ3) is 4.72. The van der Waals surface area contributed by atoms with Crippen molar-refractivity contribution in [3.63, 3.8) is 0 Å². The van der Waals surface area contributed by atoms with Gasteiger partial charge in [-0.2, -0.15) is 13.2 Å². The Bertz CT molecular complexity index is 354. The fraction of sp³-hybridized carbons (Fsp3) is 0.400. The molecule has 1 nitrogen and oxygen atoms in total. The third-order valence-corrected chi connectivity index (χ3v) is 2.69. The van der Waals surface area contributed by atoms with Crippen molar-refractivity contribution >= 4 is 28.3 Å². The van der Waals surface area contributed by atoms with E-state index in [-0.39, 0.29) is 12.4 Å². The lowest BCUT2D eigenvalue weighted by Crippen LogP contribution is -2.20. The molecular weight excluding hydrogens is 306 g/mol. The summed E-state index contributed by atoms with van der Waals surface area (Å²) < 4.78 is 36.9. The molecule has 0 aliphatic rings. The maximum absolute atomic E-state index is 12.1.